The van der Waals surface area contributed by atoms with E-state index in [2.05, 4.69) is 19.9 Å². The fraction of sp³-hybridized carbons (Fsp3) is 0.517. The lowest BCUT2D eigenvalue weighted by Crippen LogP contribution is -2.37. The molecule has 13 nitrogen and oxygen atoms in total. The standard InChI is InChI=1S/C29H38N8O5/c1-8-36(28(39)42-29(2,3)4)24-14-23-21(16-30-24)26(18-15-31-34(5)17-18)33-37(23)19-9-11-20(12-10-19)41-25-13-22(27(38)40-7)32-35(25)6/h13-17,19-20H,8-12H2,1-7H3. The molecule has 4 aromatic heterocycles. The molecule has 13 heteroatoms. The lowest BCUT2D eigenvalue weighted by atomic mass is 9.93. The Labute approximate surface area is 244 Å². The molecule has 0 atom stereocenters. The van der Waals surface area contributed by atoms with Crippen LogP contribution in [-0.4, -0.2) is 71.7 Å². The predicted octanol–water partition coefficient (Wildman–Crippen LogP) is 4.68. The summed E-state index contributed by atoms with van der Waals surface area (Å²) in [4.78, 5) is 31.0. The Morgan fingerprint density at radius 2 is 1.81 bits per heavy atom. The van der Waals surface area contributed by atoms with Crippen molar-refractivity contribution in [2.24, 2.45) is 14.1 Å². The number of aromatic nitrogens is 7. The molecule has 0 unspecified atom stereocenters. The summed E-state index contributed by atoms with van der Waals surface area (Å²) in [6.45, 7) is 7.84. The topological polar surface area (TPSA) is 131 Å². The normalized spacial score (nSPS) is 17.3. The van der Waals surface area contributed by atoms with E-state index in [4.69, 9.17) is 19.3 Å². The first kappa shape index (κ1) is 29.1. The fourth-order valence-corrected chi connectivity index (χ4v) is 5.25. The van der Waals surface area contributed by atoms with E-state index in [0.29, 0.717) is 18.2 Å². The van der Waals surface area contributed by atoms with Gasteiger partial charge in [-0.05, 0) is 53.4 Å². The minimum absolute atomic E-state index is 0.0262. The molecule has 0 spiro atoms. The lowest BCUT2D eigenvalue weighted by Gasteiger charge is -2.29. The SMILES string of the molecule is CCN(C(=O)OC(C)(C)C)c1cc2c(cn1)c(-c1cnn(C)c1)nn2C1CCC(Oc2cc(C(=O)OC)nn2C)CC1. The molecule has 0 N–H and O–H groups in total. The second-order valence-corrected chi connectivity index (χ2v) is 11.5. The maximum atomic E-state index is 13.0. The zero-order valence-corrected chi connectivity index (χ0v) is 25.2. The Hall–Kier alpha value is -4.42. The van der Waals surface area contributed by atoms with Crippen LogP contribution in [0, 0.1) is 0 Å². The van der Waals surface area contributed by atoms with Crippen LogP contribution in [0.2, 0.25) is 0 Å². The minimum Gasteiger partial charge on any atom is -0.475 e. The zero-order chi connectivity index (χ0) is 30.2. The number of hydrogen-bond acceptors (Lipinski definition) is 9. The van der Waals surface area contributed by atoms with Crippen molar-refractivity contribution in [3.05, 3.63) is 36.4 Å². The molecular formula is C29H38N8O5. The number of nitrogens with zero attached hydrogens (tertiary/aromatic N) is 8. The van der Waals surface area contributed by atoms with Gasteiger partial charge in [-0.25, -0.2) is 19.3 Å². The van der Waals surface area contributed by atoms with Crippen LogP contribution >= 0.6 is 0 Å². The van der Waals surface area contributed by atoms with Crippen LogP contribution in [0.5, 0.6) is 5.88 Å². The number of rotatable bonds is 7. The van der Waals surface area contributed by atoms with Crippen LogP contribution in [0.4, 0.5) is 10.6 Å². The molecule has 4 aromatic rings. The first-order valence-corrected chi connectivity index (χ1v) is 14.1. The zero-order valence-electron chi connectivity index (χ0n) is 25.2. The molecule has 224 valence electrons. The summed E-state index contributed by atoms with van der Waals surface area (Å²) in [5.74, 6) is 0.536. The summed E-state index contributed by atoms with van der Waals surface area (Å²) in [7, 11) is 4.94. The van der Waals surface area contributed by atoms with Gasteiger partial charge in [0.15, 0.2) is 5.69 Å². The maximum absolute atomic E-state index is 13.0. The first-order chi connectivity index (χ1) is 20.0. The molecule has 42 heavy (non-hydrogen) atoms. The van der Waals surface area contributed by atoms with Gasteiger partial charge in [0, 0.05) is 56.1 Å². The second kappa shape index (κ2) is 11.5. The van der Waals surface area contributed by atoms with Gasteiger partial charge in [0.1, 0.15) is 23.2 Å². The third kappa shape index (κ3) is 5.95. The third-order valence-corrected chi connectivity index (χ3v) is 7.27. The summed E-state index contributed by atoms with van der Waals surface area (Å²) in [6, 6.07) is 3.64. The van der Waals surface area contributed by atoms with Crippen LogP contribution in [0.3, 0.4) is 0 Å². The Morgan fingerprint density at radius 1 is 1.07 bits per heavy atom. The fourth-order valence-electron chi connectivity index (χ4n) is 5.25. The van der Waals surface area contributed by atoms with Gasteiger partial charge >= 0.3 is 12.1 Å². The Morgan fingerprint density at radius 3 is 2.43 bits per heavy atom. The van der Waals surface area contributed by atoms with Gasteiger partial charge in [0.2, 0.25) is 5.88 Å². The number of esters is 1. The smallest absolute Gasteiger partial charge is 0.415 e. The molecule has 0 saturated heterocycles. The Kier molecular flexibility index (Phi) is 7.93. The molecule has 1 saturated carbocycles. The van der Waals surface area contributed by atoms with Gasteiger partial charge in [-0.3, -0.25) is 14.3 Å². The highest BCUT2D eigenvalue weighted by Gasteiger charge is 2.29. The van der Waals surface area contributed by atoms with Crippen molar-refractivity contribution in [1.82, 2.24) is 34.3 Å². The van der Waals surface area contributed by atoms with E-state index in [1.54, 1.807) is 34.9 Å². The number of ether oxygens (including phenoxy) is 3. The summed E-state index contributed by atoms with van der Waals surface area (Å²) in [6.07, 6.45) is 8.28. The van der Waals surface area contributed by atoms with Crippen LogP contribution in [0.1, 0.15) is 69.9 Å². The number of carbonyl (C=O) groups excluding carboxylic acids is 2. The minimum atomic E-state index is -0.624. The van der Waals surface area contributed by atoms with Gasteiger partial charge in [0.25, 0.3) is 0 Å². The number of methoxy groups -OCH3 is 1. The number of fused-ring (bicyclic) bond motifs is 1. The summed E-state index contributed by atoms with van der Waals surface area (Å²) in [5.41, 5.74) is 2.16. The quantitative estimate of drug-likeness (QED) is 0.287. The molecule has 0 aliphatic heterocycles. The molecule has 1 fully saturated rings. The van der Waals surface area contributed by atoms with Crippen molar-refractivity contribution in [3.63, 3.8) is 0 Å². The Bertz CT molecular complexity index is 1590. The lowest BCUT2D eigenvalue weighted by molar-refractivity contribution is 0.0575. The molecule has 1 aliphatic carbocycles. The molecule has 0 aromatic carbocycles. The monoisotopic (exact) mass is 578 g/mol. The van der Waals surface area contributed by atoms with Crippen molar-refractivity contribution in [1.29, 1.82) is 0 Å². The molecule has 1 amide bonds. The second-order valence-electron chi connectivity index (χ2n) is 11.5. The number of anilines is 1. The molecule has 5 rings (SSSR count). The van der Waals surface area contributed by atoms with E-state index in [1.807, 2.05) is 47.0 Å². The third-order valence-electron chi connectivity index (χ3n) is 7.27. The highest BCUT2D eigenvalue weighted by atomic mass is 16.6. The predicted molar refractivity (Wildman–Crippen MR) is 155 cm³/mol. The van der Waals surface area contributed by atoms with E-state index >= 15 is 0 Å². The van der Waals surface area contributed by atoms with Gasteiger partial charge in [0.05, 0.1) is 24.9 Å². The first-order valence-electron chi connectivity index (χ1n) is 14.1. The van der Waals surface area contributed by atoms with E-state index in [1.165, 1.54) is 12.0 Å². The number of hydrogen-bond donors (Lipinski definition) is 0. The number of aryl methyl sites for hydroxylation is 2. The summed E-state index contributed by atoms with van der Waals surface area (Å²) < 4.78 is 22.0. The van der Waals surface area contributed by atoms with E-state index in [-0.39, 0.29) is 17.8 Å². The largest absolute Gasteiger partial charge is 0.475 e. The van der Waals surface area contributed by atoms with E-state index in [9.17, 15) is 9.59 Å². The van der Waals surface area contributed by atoms with Crippen molar-refractivity contribution < 1.29 is 23.8 Å². The maximum Gasteiger partial charge on any atom is 0.415 e. The van der Waals surface area contributed by atoms with Crippen LogP contribution in [0.15, 0.2) is 30.7 Å². The summed E-state index contributed by atoms with van der Waals surface area (Å²) >= 11 is 0. The molecule has 1 aliphatic rings. The molecule has 4 heterocycles. The van der Waals surface area contributed by atoms with Crippen molar-refractivity contribution in [2.45, 2.75) is 71.1 Å². The van der Waals surface area contributed by atoms with Crippen molar-refractivity contribution in [3.8, 4) is 17.1 Å². The van der Waals surface area contributed by atoms with Gasteiger partial charge < -0.3 is 14.2 Å². The average molecular weight is 579 g/mol. The van der Waals surface area contributed by atoms with Gasteiger partial charge in [-0.1, -0.05) is 0 Å². The van der Waals surface area contributed by atoms with E-state index in [0.717, 1.165) is 47.8 Å². The molecular weight excluding hydrogens is 540 g/mol. The van der Waals surface area contributed by atoms with Gasteiger partial charge in [-0.15, -0.1) is 0 Å². The van der Waals surface area contributed by atoms with Crippen LogP contribution < -0.4 is 9.64 Å². The molecule has 0 radical (unpaired) electrons. The highest BCUT2D eigenvalue weighted by Crippen LogP contribution is 2.37. The summed E-state index contributed by atoms with van der Waals surface area (Å²) in [5, 5.41) is 14.5. The van der Waals surface area contributed by atoms with Crippen molar-refractivity contribution in [2.75, 3.05) is 18.6 Å². The number of amides is 1. The van der Waals surface area contributed by atoms with Crippen LogP contribution in [0.25, 0.3) is 22.2 Å². The number of pyridine rings is 1. The molecule has 0 bridgehead atoms. The highest BCUT2D eigenvalue weighted by molar-refractivity contribution is 5.96. The van der Waals surface area contributed by atoms with E-state index < -0.39 is 17.7 Å². The van der Waals surface area contributed by atoms with Crippen LogP contribution in [-0.2, 0) is 23.6 Å². The van der Waals surface area contributed by atoms with Gasteiger partial charge in [-0.2, -0.15) is 15.3 Å². The van der Waals surface area contributed by atoms with Crippen molar-refractivity contribution >= 4 is 28.8 Å². The average Bonchev–Trinajstić information content (AvgIpc) is 3.65. The Balaban J connectivity index is 1.42. The number of carbonyl (C=O) groups is 2.